The molecular formula is C17H16N2O3S2. The molecule has 0 aliphatic carbocycles. The summed E-state index contributed by atoms with van der Waals surface area (Å²) in [5.74, 6) is 0.795. The second-order valence-corrected chi connectivity index (χ2v) is 6.78. The molecule has 124 valence electrons. The summed E-state index contributed by atoms with van der Waals surface area (Å²) in [4.78, 5) is 18.2. The molecule has 0 spiro atoms. The lowest BCUT2D eigenvalue weighted by Crippen LogP contribution is -2.13. The molecule has 0 aliphatic heterocycles. The highest BCUT2D eigenvalue weighted by atomic mass is 32.2. The van der Waals surface area contributed by atoms with Crippen molar-refractivity contribution in [3.05, 3.63) is 42.0 Å². The number of aromatic nitrogens is 1. The number of nitrogens with zero attached hydrogens (tertiary/aromatic N) is 1. The van der Waals surface area contributed by atoms with Crippen LogP contribution in [0.2, 0.25) is 0 Å². The van der Waals surface area contributed by atoms with Gasteiger partial charge in [0.25, 0.3) is 5.91 Å². The van der Waals surface area contributed by atoms with Gasteiger partial charge in [-0.25, -0.2) is 4.98 Å². The van der Waals surface area contributed by atoms with Crippen LogP contribution in [0.3, 0.4) is 0 Å². The van der Waals surface area contributed by atoms with Gasteiger partial charge >= 0.3 is 0 Å². The van der Waals surface area contributed by atoms with Gasteiger partial charge < -0.3 is 9.47 Å². The minimum Gasteiger partial charge on any atom is -0.497 e. The molecule has 5 nitrogen and oxygen atoms in total. The Bertz CT molecular complexity index is 893. The van der Waals surface area contributed by atoms with Crippen LogP contribution in [0.5, 0.6) is 11.5 Å². The Labute approximate surface area is 148 Å². The minimum absolute atomic E-state index is 0.283. The van der Waals surface area contributed by atoms with Crippen LogP contribution in [0.1, 0.15) is 10.4 Å². The van der Waals surface area contributed by atoms with Gasteiger partial charge in [-0.15, -0.1) is 11.8 Å². The molecule has 1 heterocycles. The topological polar surface area (TPSA) is 60.5 Å². The average Bonchev–Trinajstić information content (AvgIpc) is 3.02. The van der Waals surface area contributed by atoms with Gasteiger partial charge in [-0.1, -0.05) is 11.3 Å². The number of hydrogen-bond donors (Lipinski definition) is 1. The Morgan fingerprint density at radius 1 is 1.17 bits per heavy atom. The van der Waals surface area contributed by atoms with E-state index in [1.54, 1.807) is 37.1 Å². The lowest BCUT2D eigenvalue weighted by molar-refractivity contribution is 0.102. The average molecular weight is 360 g/mol. The number of ether oxygens (including phenoxy) is 2. The van der Waals surface area contributed by atoms with E-state index in [1.165, 1.54) is 23.3 Å². The number of thioether (sulfide) groups is 1. The van der Waals surface area contributed by atoms with Crippen molar-refractivity contribution < 1.29 is 14.3 Å². The fourth-order valence-corrected chi connectivity index (χ4v) is 3.66. The van der Waals surface area contributed by atoms with Crippen LogP contribution in [0.4, 0.5) is 5.13 Å². The molecule has 0 bridgehead atoms. The lowest BCUT2D eigenvalue weighted by atomic mass is 10.2. The van der Waals surface area contributed by atoms with Gasteiger partial charge in [0, 0.05) is 4.90 Å². The van der Waals surface area contributed by atoms with Gasteiger partial charge in [-0.05, 0) is 42.7 Å². The maximum atomic E-state index is 12.6. The van der Waals surface area contributed by atoms with Crippen LogP contribution in [0.25, 0.3) is 10.2 Å². The Morgan fingerprint density at radius 3 is 2.71 bits per heavy atom. The first-order valence-electron chi connectivity index (χ1n) is 7.12. The maximum absolute atomic E-state index is 12.6. The second-order valence-electron chi connectivity index (χ2n) is 4.87. The summed E-state index contributed by atoms with van der Waals surface area (Å²) in [6.45, 7) is 0. The number of hydrogen-bond acceptors (Lipinski definition) is 6. The molecule has 1 aromatic heterocycles. The summed E-state index contributed by atoms with van der Waals surface area (Å²) >= 11 is 3.12. The molecule has 0 aliphatic rings. The first-order valence-corrected chi connectivity index (χ1v) is 9.16. The van der Waals surface area contributed by atoms with E-state index >= 15 is 0 Å². The van der Waals surface area contributed by atoms with E-state index < -0.39 is 0 Å². The highest BCUT2D eigenvalue weighted by Gasteiger charge is 2.16. The van der Waals surface area contributed by atoms with Gasteiger partial charge in [0.2, 0.25) is 0 Å². The van der Waals surface area contributed by atoms with Crippen LogP contribution in [0.15, 0.2) is 41.3 Å². The molecule has 0 atom stereocenters. The number of nitrogens with one attached hydrogen (secondary N) is 1. The van der Waals surface area contributed by atoms with E-state index in [9.17, 15) is 4.79 Å². The number of thiazole rings is 1. The fourth-order valence-electron chi connectivity index (χ4n) is 2.24. The van der Waals surface area contributed by atoms with Crippen molar-refractivity contribution in [3.63, 3.8) is 0 Å². The van der Waals surface area contributed by atoms with E-state index in [0.717, 1.165) is 10.2 Å². The molecule has 0 unspecified atom stereocenters. The summed E-state index contributed by atoms with van der Waals surface area (Å²) in [5.41, 5.74) is 1.27. The maximum Gasteiger partial charge on any atom is 0.261 e. The molecule has 7 heteroatoms. The van der Waals surface area contributed by atoms with Gasteiger partial charge in [0.1, 0.15) is 11.5 Å². The zero-order valence-electron chi connectivity index (χ0n) is 13.5. The molecular weight excluding hydrogens is 344 g/mol. The van der Waals surface area contributed by atoms with Crippen LogP contribution in [-0.2, 0) is 0 Å². The quantitative estimate of drug-likeness (QED) is 0.688. The van der Waals surface area contributed by atoms with E-state index in [1.807, 2.05) is 18.4 Å². The molecule has 0 saturated heterocycles. The molecule has 2 aromatic carbocycles. The summed E-state index contributed by atoms with van der Waals surface area (Å²) in [6, 6.07) is 11.1. The number of amides is 1. The van der Waals surface area contributed by atoms with Crippen LogP contribution in [0, 0.1) is 0 Å². The van der Waals surface area contributed by atoms with Crippen molar-refractivity contribution in [2.75, 3.05) is 25.8 Å². The largest absolute Gasteiger partial charge is 0.497 e. The van der Waals surface area contributed by atoms with Crippen molar-refractivity contribution in [2.45, 2.75) is 4.90 Å². The van der Waals surface area contributed by atoms with Crippen molar-refractivity contribution in [3.8, 4) is 11.5 Å². The number of carbonyl (C=O) groups excluding carboxylic acids is 1. The minimum atomic E-state index is -0.283. The number of anilines is 1. The van der Waals surface area contributed by atoms with Crippen LogP contribution >= 0.6 is 23.1 Å². The predicted molar refractivity (Wildman–Crippen MR) is 98.9 cm³/mol. The van der Waals surface area contributed by atoms with Crippen molar-refractivity contribution in [1.29, 1.82) is 0 Å². The third-order valence-electron chi connectivity index (χ3n) is 3.47. The van der Waals surface area contributed by atoms with E-state index in [4.69, 9.17) is 9.47 Å². The Morgan fingerprint density at radius 2 is 2.00 bits per heavy atom. The molecule has 1 N–H and O–H groups in total. The highest BCUT2D eigenvalue weighted by molar-refractivity contribution is 7.98. The van der Waals surface area contributed by atoms with E-state index in [0.29, 0.717) is 22.2 Å². The van der Waals surface area contributed by atoms with Crippen molar-refractivity contribution in [1.82, 2.24) is 4.98 Å². The van der Waals surface area contributed by atoms with E-state index in [-0.39, 0.29) is 5.91 Å². The molecule has 24 heavy (non-hydrogen) atoms. The predicted octanol–water partition coefficient (Wildman–Crippen LogP) is 4.29. The van der Waals surface area contributed by atoms with Crippen LogP contribution in [-0.4, -0.2) is 31.4 Å². The van der Waals surface area contributed by atoms with Gasteiger partial charge in [-0.2, -0.15) is 0 Å². The summed E-state index contributed by atoms with van der Waals surface area (Å²) in [6.07, 6.45) is 2.03. The number of rotatable bonds is 5. The Hall–Kier alpha value is -2.25. The number of methoxy groups -OCH3 is 2. The van der Waals surface area contributed by atoms with Crippen LogP contribution < -0.4 is 14.8 Å². The molecule has 0 saturated carbocycles. The molecule has 0 fully saturated rings. The molecule has 0 radical (unpaired) electrons. The van der Waals surface area contributed by atoms with Gasteiger partial charge in [0.05, 0.1) is 30.0 Å². The third-order valence-corrected chi connectivity index (χ3v) is 5.13. The van der Waals surface area contributed by atoms with E-state index in [2.05, 4.69) is 16.4 Å². The first-order chi connectivity index (χ1) is 11.6. The highest BCUT2D eigenvalue weighted by Crippen LogP contribution is 2.31. The molecule has 3 aromatic rings. The normalized spacial score (nSPS) is 10.6. The SMILES string of the molecule is COc1ccc(OC)c(C(=O)Nc2nc3ccc(SC)cc3s2)c1. The number of carbonyl (C=O) groups is 1. The first kappa shape index (κ1) is 16.6. The number of fused-ring (bicyclic) bond motifs is 1. The second kappa shape index (κ2) is 7.11. The molecule has 1 amide bonds. The molecule has 3 rings (SSSR count). The van der Waals surface area contributed by atoms with Crippen molar-refractivity contribution >= 4 is 44.4 Å². The number of benzene rings is 2. The standard InChI is InChI=1S/C17H16N2O3S2/c1-21-10-4-7-14(22-2)12(8-10)16(20)19-17-18-13-6-5-11(23-3)9-15(13)24-17/h4-9H,1-3H3,(H,18,19,20). The fraction of sp³-hybridized carbons (Fsp3) is 0.176. The van der Waals surface area contributed by atoms with Gasteiger partial charge in [-0.3, -0.25) is 10.1 Å². The summed E-state index contributed by atoms with van der Waals surface area (Å²) in [7, 11) is 3.08. The Balaban J connectivity index is 1.89. The monoisotopic (exact) mass is 360 g/mol. The zero-order chi connectivity index (χ0) is 17.1. The zero-order valence-corrected chi connectivity index (χ0v) is 15.1. The van der Waals surface area contributed by atoms with Crippen molar-refractivity contribution in [2.24, 2.45) is 0 Å². The summed E-state index contributed by atoms with van der Waals surface area (Å²) in [5, 5.41) is 3.39. The smallest absolute Gasteiger partial charge is 0.261 e. The third kappa shape index (κ3) is 3.32. The summed E-state index contributed by atoms with van der Waals surface area (Å²) < 4.78 is 11.5. The lowest BCUT2D eigenvalue weighted by Gasteiger charge is -2.09. The Kier molecular flexibility index (Phi) is 4.92. The van der Waals surface area contributed by atoms with Gasteiger partial charge in [0.15, 0.2) is 5.13 Å².